The van der Waals surface area contributed by atoms with Crippen LogP contribution in [-0.4, -0.2) is 17.1 Å². The minimum Gasteiger partial charge on any atom is -0.489 e. The summed E-state index contributed by atoms with van der Waals surface area (Å²) in [5, 5.41) is 0. The summed E-state index contributed by atoms with van der Waals surface area (Å²) >= 11 is 0. The molecule has 1 aromatic heterocycles. The maximum absolute atomic E-state index is 6.33. The molecule has 4 rings (SSSR count). The van der Waals surface area contributed by atoms with Crippen LogP contribution in [0, 0.1) is 0 Å². The maximum Gasteiger partial charge on any atom is 0.124 e. The molecular formula is C20H25N3O. The first-order valence-corrected chi connectivity index (χ1v) is 9.02. The third-order valence-corrected chi connectivity index (χ3v) is 5.32. The summed E-state index contributed by atoms with van der Waals surface area (Å²) in [4.78, 5) is 4.51. The van der Waals surface area contributed by atoms with Crippen LogP contribution in [0.4, 0.5) is 5.82 Å². The van der Waals surface area contributed by atoms with Crippen molar-refractivity contribution in [1.82, 2.24) is 4.98 Å². The largest absolute Gasteiger partial charge is 0.489 e. The SMILES string of the molecule is Nc1cccc(-c2ccc(OC3CCCC3N)c3c2CCCC3)n1. The number of fused-ring (bicyclic) bond motifs is 1. The zero-order valence-corrected chi connectivity index (χ0v) is 14.0. The van der Waals surface area contributed by atoms with Crippen LogP contribution in [0.3, 0.4) is 0 Å². The van der Waals surface area contributed by atoms with Gasteiger partial charge in [-0.1, -0.05) is 6.07 Å². The van der Waals surface area contributed by atoms with E-state index in [-0.39, 0.29) is 12.1 Å². The standard InChI is InChI=1S/C20H25N3O/c21-16-7-3-9-19(16)24-18-12-11-14(13-5-1-2-6-15(13)18)17-8-4-10-20(22)23-17/h4,8,10-12,16,19H,1-3,5-7,9,21H2,(H2,22,23). The van der Waals surface area contributed by atoms with Crippen LogP contribution in [0.2, 0.25) is 0 Å². The van der Waals surface area contributed by atoms with Crippen molar-refractivity contribution in [2.75, 3.05) is 5.73 Å². The van der Waals surface area contributed by atoms with E-state index in [0.717, 1.165) is 37.1 Å². The summed E-state index contributed by atoms with van der Waals surface area (Å²) in [5.41, 5.74) is 16.9. The normalized spacial score (nSPS) is 23.0. The summed E-state index contributed by atoms with van der Waals surface area (Å²) in [6.45, 7) is 0. The van der Waals surface area contributed by atoms with Crippen molar-refractivity contribution in [3.63, 3.8) is 0 Å². The highest BCUT2D eigenvalue weighted by molar-refractivity contribution is 5.69. The molecule has 0 amide bonds. The molecule has 0 saturated heterocycles. The maximum atomic E-state index is 6.33. The number of benzene rings is 1. The fourth-order valence-corrected chi connectivity index (χ4v) is 4.05. The van der Waals surface area contributed by atoms with Gasteiger partial charge in [0.25, 0.3) is 0 Å². The molecule has 2 aromatic rings. The quantitative estimate of drug-likeness (QED) is 0.907. The Balaban J connectivity index is 1.73. The predicted molar refractivity (Wildman–Crippen MR) is 97.0 cm³/mol. The number of hydrogen-bond acceptors (Lipinski definition) is 4. The lowest BCUT2D eigenvalue weighted by Gasteiger charge is -2.25. The summed E-state index contributed by atoms with van der Waals surface area (Å²) < 4.78 is 6.33. The van der Waals surface area contributed by atoms with Crippen molar-refractivity contribution in [3.05, 3.63) is 41.5 Å². The summed E-state index contributed by atoms with van der Waals surface area (Å²) in [6, 6.07) is 10.2. The van der Waals surface area contributed by atoms with Crippen LogP contribution >= 0.6 is 0 Å². The van der Waals surface area contributed by atoms with Crippen LogP contribution in [0.25, 0.3) is 11.3 Å². The molecule has 4 nitrogen and oxygen atoms in total. The molecule has 24 heavy (non-hydrogen) atoms. The second kappa shape index (κ2) is 6.44. The minimum absolute atomic E-state index is 0.160. The fraction of sp³-hybridized carbons (Fsp3) is 0.450. The highest BCUT2D eigenvalue weighted by atomic mass is 16.5. The first-order valence-electron chi connectivity index (χ1n) is 9.02. The number of ether oxygens (including phenoxy) is 1. The van der Waals surface area contributed by atoms with Gasteiger partial charge in [-0.25, -0.2) is 4.98 Å². The number of nitrogens with zero attached hydrogens (tertiary/aromatic N) is 1. The minimum atomic E-state index is 0.160. The number of nitrogens with two attached hydrogens (primary N) is 2. The molecule has 0 bridgehead atoms. The highest BCUT2D eigenvalue weighted by Gasteiger charge is 2.27. The predicted octanol–water partition coefficient (Wildman–Crippen LogP) is 3.47. The van der Waals surface area contributed by atoms with Crippen LogP contribution < -0.4 is 16.2 Å². The van der Waals surface area contributed by atoms with E-state index < -0.39 is 0 Å². The molecule has 1 fully saturated rings. The molecular weight excluding hydrogens is 298 g/mol. The molecule has 0 aliphatic heterocycles. The van der Waals surface area contributed by atoms with E-state index in [0.29, 0.717) is 5.82 Å². The first-order chi connectivity index (χ1) is 11.7. The van der Waals surface area contributed by atoms with Crippen molar-refractivity contribution in [3.8, 4) is 17.0 Å². The van der Waals surface area contributed by atoms with E-state index in [2.05, 4.69) is 17.1 Å². The zero-order valence-electron chi connectivity index (χ0n) is 14.0. The lowest BCUT2D eigenvalue weighted by atomic mass is 9.86. The molecule has 2 atom stereocenters. The van der Waals surface area contributed by atoms with Gasteiger partial charge in [0.2, 0.25) is 0 Å². The highest BCUT2D eigenvalue weighted by Crippen LogP contribution is 2.38. The zero-order chi connectivity index (χ0) is 16.5. The van der Waals surface area contributed by atoms with Gasteiger partial charge in [-0.15, -0.1) is 0 Å². The van der Waals surface area contributed by atoms with Crippen molar-refractivity contribution >= 4 is 5.82 Å². The summed E-state index contributed by atoms with van der Waals surface area (Å²) in [6.07, 6.45) is 8.04. The van der Waals surface area contributed by atoms with Gasteiger partial charge in [-0.05, 0) is 80.3 Å². The first kappa shape index (κ1) is 15.5. The molecule has 0 radical (unpaired) electrons. The Morgan fingerprint density at radius 1 is 0.958 bits per heavy atom. The van der Waals surface area contributed by atoms with Crippen molar-refractivity contribution < 1.29 is 4.74 Å². The molecule has 4 N–H and O–H groups in total. The van der Waals surface area contributed by atoms with Gasteiger partial charge in [0.15, 0.2) is 0 Å². The Hall–Kier alpha value is -2.07. The molecule has 0 spiro atoms. The lowest BCUT2D eigenvalue weighted by molar-refractivity contribution is 0.189. The summed E-state index contributed by atoms with van der Waals surface area (Å²) in [7, 11) is 0. The molecule has 1 saturated carbocycles. The Kier molecular flexibility index (Phi) is 4.15. The Morgan fingerprint density at radius 2 is 1.79 bits per heavy atom. The van der Waals surface area contributed by atoms with E-state index in [4.69, 9.17) is 16.2 Å². The van der Waals surface area contributed by atoms with Gasteiger partial charge in [0, 0.05) is 11.6 Å². The smallest absolute Gasteiger partial charge is 0.124 e. The molecule has 4 heteroatoms. The lowest BCUT2D eigenvalue weighted by Crippen LogP contribution is -2.34. The third-order valence-electron chi connectivity index (χ3n) is 5.32. The molecule has 1 heterocycles. The van der Waals surface area contributed by atoms with Crippen LogP contribution in [0.15, 0.2) is 30.3 Å². The average Bonchev–Trinajstić information content (AvgIpc) is 3.00. The van der Waals surface area contributed by atoms with E-state index in [1.165, 1.54) is 36.0 Å². The fourth-order valence-electron chi connectivity index (χ4n) is 4.05. The Morgan fingerprint density at radius 3 is 2.54 bits per heavy atom. The number of hydrogen-bond donors (Lipinski definition) is 2. The van der Waals surface area contributed by atoms with Crippen molar-refractivity contribution in [2.24, 2.45) is 5.73 Å². The molecule has 1 aromatic carbocycles. The second-order valence-electron chi connectivity index (χ2n) is 6.97. The van der Waals surface area contributed by atoms with Gasteiger partial charge in [-0.2, -0.15) is 0 Å². The van der Waals surface area contributed by atoms with Crippen LogP contribution in [-0.2, 0) is 12.8 Å². The Labute approximate surface area is 143 Å². The molecule has 2 unspecified atom stereocenters. The Bertz CT molecular complexity index is 744. The van der Waals surface area contributed by atoms with E-state index in [1.54, 1.807) is 0 Å². The van der Waals surface area contributed by atoms with Crippen LogP contribution in [0.5, 0.6) is 5.75 Å². The summed E-state index contributed by atoms with van der Waals surface area (Å²) in [5.74, 6) is 1.59. The van der Waals surface area contributed by atoms with Gasteiger partial charge < -0.3 is 16.2 Å². The third kappa shape index (κ3) is 2.86. The van der Waals surface area contributed by atoms with E-state index in [9.17, 15) is 0 Å². The van der Waals surface area contributed by atoms with Crippen LogP contribution in [0.1, 0.15) is 43.2 Å². The van der Waals surface area contributed by atoms with Crippen molar-refractivity contribution in [2.45, 2.75) is 57.1 Å². The molecule has 2 aliphatic carbocycles. The number of anilines is 1. The van der Waals surface area contributed by atoms with Crippen molar-refractivity contribution in [1.29, 1.82) is 0 Å². The molecule has 2 aliphatic rings. The van der Waals surface area contributed by atoms with E-state index >= 15 is 0 Å². The van der Waals surface area contributed by atoms with E-state index in [1.807, 2.05) is 18.2 Å². The number of aromatic nitrogens is 1. The number of pyridine rings is 1. The van der Waals surface area contributed by atoms with Gasteiger partial charge >= 0.3 is 0 Å². The van der Waals surface area contributed by atoms with Gasteiger partial charge in [-0.3, -0.25) is 0 Å². The number of nitrogen functional groups attached to an aromatic ring is 1. The number of rotatable bonds is 3. The monoisotopic (exact) mass is 323 g/mol. The second-order valence-corrected chi connectivity index (χ2v) is 6.97. The van der Waals surface area contributed by atoms with Gasteiger partial charge in [0.1, 0.15) is 17.7 Å². The average molecular weight is 323 g/mol. The van der Waals surface area contributed by atoms with Gasteiger partial charge in [0.05, 0.1) is 5.69 Å². The molecule has 126 valence electrons. The topological polar surface area (TPSA) is 74.2 Å².